The Hall–Kier alpha value is -8.24. The maximum Gasteiger partial charge on any atom is 0.135 e. The molecule has 2 aromatic heterocycles. The van der Waals surface area contributed by atoms with Crippen LogP contribution in [-0.4, -0.2) is 0 Å². The first-order chi connectivity index (χ1) is 32.2. The Balaban J connectivity index is 0.838. The Labute approximate surface area is 380 Å². The zero-order valence-electron chi connectivity index (χ0n) is 35.3. The predicted octanol–water partition coefficient (Wildman–Crippen LogP) is 18.4. The second kappa shape index (κ2) is 15.2. The molecule has 0 aliphatic rings. The number of anilines is 3. The molecule has 2 heterocycles. The fraction of sp³-hybridized carbons (Fsp3) is 0. The summed E-state index contributed by atoms with van der Waals surface area (Å²) < 4.78 is 8.75. The summed E-state index contributed by atoms with van der Waals surface area (Å²) >= 11 is 1.88. The van der Waals surface area contributed by atoms with Crippen molar-refractivity contribution in [2.45, 2.75) is 0 Å². The summed E-state index contributed by atoms with van der Waals surface area (Å²) in [5, 5.41) is 12.4. The molecule has 3 heteroatoms. The lowest BCUT2D eigenvalue weighted by Gasteiger charge is -2.25. The van der Waals surface area contributed by atoms with Crippen LogP contribution in [0.5, 0.6) is 0 Å². The number of hydrogen-bond acceptors (Lipinski definition) is 3. The molecule has 0 N–H and O–H groups in total. The van der Waals surface area contributed by atoms with Crippen LogP contribution in [0.15, 0.2) is 229 Å². The van der Waals surface area contributed by atoms with Crippen LogP contribution in [0.3, 0.4) is 0 Å². The molecular weight excluding hydrogens is 807 g/mol. The van der Waals surface area contributed by atoms with Gasteiger partial charge in [-0.15, -0.1) is 11.3 Å². The molecule has 0 amide bonds. The maximum absolute atomic E-state index is 6.16. The highest BCUT2D eigenvalue weighted by Gasteiger charge is 2.19. The van der Waals surface area contributed by atoms with Crippen molar-refractivity contribution in [3.63, 3.8) is 0 Å². The Morgan fingerprint density at radius 1 is 0.338 bits per heavy atom. The number of fused-ring (bicyclic) bond motifs is 9. The molecule has 13 rings (SSSR count). The van der Waals surface area contributed by atoms with Gasteiger partial charge in [0.1, 0.15) is 11.2 Å². The van der Waals surface area contributed by atoms with Crippen molar-refractivity contribution in [1.29, 1.82) is 0 Å². The number of thiophene rings is 1. The lowest BCUT2D eigenvalue weighted by molar-refractivity contribution is 0.669. The molecule has 11 aromatic carbocycles. The van der Waals surface area contributed by atoms with E-state index in [1.54, 1.807) is 0 Å². The third-order valence-corrected chi connectivity index (χ3v) is 14.1. The quantitative estimate of drug-likeness (QED) is 0.117. The first-order valence-electron chi connectivity index (χ1n) is 22.1. The van der Waals surface area contributed by atoms with Crippen molar-refractivity contribution in [3.8, 4) is 22.3 Å². The van der Waals surface area contributed by atoms with Crippen LogP contribution in [0.1, 0.15) is 11.1 Å². The Morgan fingerprint density at radius 2 is 0.892 bits per heavy atom. The second-order valence-corrected chi connectivity index (χ2v) is 17.9. The lowest BCUT2D eigenvalue weighted by atomic mass is 9.84. The van der Waals surface area contributed by atoms with Gasteiger partial charge in [0.2, 0.25) is 0 Å². The molecule has 0 atom stereocenters. The highest BCUT2D eigenvalue weighted by Crippen LogP contribution is 2.47. The normalized spacial score (nSPS) is 11.9. The predicted molar refractivity (Wildman–Crippen MR) is 280 cm³/mol. The summed E-state index contributed by atoms with van der Waals surface area (Å²) in [4.78, 5) is 2.31. The van der Waals surface area contributed by atoms with Crippen molar-refractivity contribution in [1.82, 2.24) is 0 Å². The van der Waals surface area contributed by atoms with Gasteiger partial charge >= 0.3 is 0 Å². The number of hydrogen-bond donors (Lipinski definition) is 0. The van der Waals surface area contributed by atoms with Gasteiger partial charge in [-0.3, -0.25) is 0 Å². The second-order valence-electron chi connectivity index (χ2n) is 16.8. The highest BCUT2D eigenvalue weighted by atomic mass is 32.1. The Kier molecular flexibility index (Phi) is 8.75. The van der Waals surface area contributed by atoms with E-state index in [9.17, 15) is 0 Å². The monoisotopic (exact) mass is 845 g/mol. The van der Waals surface area contributed by atoms with E-state index in [0.717, 1.165) is 44.6 Å². The van der Waals surface area contributed by atoms with Gasteiger partial charge in [0, 0.05) is 48.0 Å². The molecule has 2 nitrogen and oxygen atoms in total. The summed E-state index contributed by atoms with van der Waals surface area (Å²) in [5.41, 5.74) is 12.5. The van der Waals surface area contributed by atoms with Crippen LogP contribution in [0.2, 0.25) is 0 Å². The van der Waals surface area contributed by atoms with Gasteiger partial charge in [-0.1, -0.05) is 176 Å². The molecule has 0 aliphatic heterocycles. The smallest absolute Gasteiger partial charge is 0.135 e. The minimum absolute atomic E-state index is 0.892. The molecule has 0 unspecified atom stereocenters. The first kappa shape index (κ1) is 37.3. The van der Waals surface area contributed by atoms with Crippen LogP contribution in [0.25, 0.3) is 109 Å². The zero-order valence-corrected chi connectivity index (χ0v) is 36.1. The van der Waals surface area contributed by atoms with Gasteiger partial charge < -0.3 is 9.32 Å². The summed E-state index contributed by atoms with van der Waals surface area (Å²) in [6.07, 6.45) is 4.44. The average Bonchev–Trinajstić information content (AvgIpc) is 3.93. The number of para-hydroxylation sites is 2. The summed E-state index contributed by atoms with van der Waals surface area (Å²) in [6.45, 7) is 0. The van der Waals surface area contributed by atoms with Gasteiger partial charge in [0.25, 0.3) is 0 Å². The maximum atomic E-state index is 6.16. The van der Waals surface area contributed by atoms with Crippen molar-refractivity contribution in [2.75, 3.05) is 4.90 Å². The molecule has 0 aliphatic carbocycles. The molecule has 0 saturated carbocycles. The van der Waals surface area contributed by atoms with Gasteiger partial charge in [0.15, 0.2) is 0 Å². The molecule has 304 valence electrons. The van der Waals surface area contributed by atoms with Crippen LogP contribution >= 0.6 is 11.3 Å². The minimum Gasteiger partial charge on any atom is -0.456 e. The molecule has 0 radical (unpaired) electrons. The average molecular weight is 846 g/mol. The van der Waals surface area contributed by atoms with Crippen LogP contribution in [-0.2, 0) is 0 Å². The first-order valence-corrected chi connectivity index (χ1v) is 23.0. The summed E-state index contributed by atoms with van der Waals surface area (Å²) in [7, 11) is 0. The molecule has 0 spiro atoms. The Morgan fingerprint density at radius 3 is 1.66 bits per heavy atom. The molecular formula is C62H39NOS. The standard InChI is InChI=1S/C62H39NOS/c1-2-15-44(16-3-1)63(46-33-36-58-56(39-46)48-18-10-11-24-57(48)64-58)45-31-27-40(28-32-45)25-26-41-29-34-49-50-35-30-43(38-60(50)65-59(49)37-41)61-52-19-6-8-21-54(52)62(55-22-9-7-20-53(55)61)51-23-12-14-42-13-4-5-17-47(42)51/h1-39H. The van der Waals surface area contributed by atoms with Crippen molar-refractivity contribution < 1.29 is 4.42 Å². The molecule has 0 bridgehead atoms. The molecule has 13 aromatic rings. The number of furan rings is 1. The number of nitrogens with zero attached hydrogens (tertiary/aromatic N) is 1. The van der Waals surface area contributed by atoms with Gasteiger partial charge in [-0.2, -0.15) is 0 Å². The van der Waals surface area contributed by atoms with E-state index in [0.29, 0.717) is 0 Å². The minimum atomic E-state index is 0.892. The van der Waals surface area contributed by atoms with Crippen LogP contribution in [0.4, 0.5) is 17.1 Å². The van der Waals surface area contributed by atoms with E-state index < -0.39 is 0 Å². The molecule has 65 heavy (non-hydrogen) atoms. The third kappa shape index (κ3) is 6.31. The van der Waals surface area contributed by atoms with E-state index in [2.05, 4.69) is 229 Å². The lowest BCUT2D eigenvalue weighted by Crippen LogP contribution is -2.09. The third-order valence-electron chi connectivity index (χ3n) is 13.0. The van der Waals surface area contributed by atoms with E-state index in [1.807, 2.05) is 23.5 Å². The van der Waals surface area contributed by atoms with Gasteiger partial charge in [-0.05, 0) is 126 Å². The van der Waals surface area contributed by atoms with Crippen molar-refractivity contribution in [2.24, 2.45) is 0 Å². The summed E-state index contributed by atoms with van der Waals surface area (Å²) in [5.74, 6) is 0. The fourth-order valence-corrected chi connectivity index (χ4v) is 11.2. The fourth-order valence-electron chi connectivity index (χ4n) is 10.0. The van der Waals surface area contributed by atoms with Crippen LogP contribution < -0.4 is 4.90 Å². The zero-order chi connectivity index (χ0) is 42.8. The topological polar surface area (TPSA) is 16.4 Å². The van der Waals surface area contributed by atoms with E-state index in [1.165, 1.54) is 80.3 Å². The van der Waals surface area contributed by atoms with Crippen molar-refractivity contribution >= 4 is 115 Å². The Bertz CT molecular complexity index is 3940. The van der Waals surface area contributed by atoms with Gasteiger partial charge in [-0.25, -0.2) is 0 Å². The molecule has 0 saturated heterocycles. The number of rotatable bonds is 7. The van der Waals surface area contributed by atoms with E-state index in [-0.39, 0.29) is 0 Å². The molecule has 0 fully saturated rings. The summed E-state index contributed by atoms with van der Waals surface area (Å²) in [6, 6.07) is 81.4. The van der Waals surface area contributed by atoms with E-state index >= 15 is 0 Å². The highest BCUT2D eigenvalue weighted by molar-refractivity contribution is 7.25. The number of benzene rings is 11. The SMILES string of the molecule is C(=Cc1ccc2c(c1)sc1cc(-c3c4ccccc4c(-c4cccc5ccccc45)c4ccccc34)ccc12)c1ccc(N(c2ccccc2)c2ccc3oc4ccccc4c3c2)cc1. The van der Waals surface area contributed by atoms with E-state index in [4.69, 9.17) is 4.42 Å². The van der Waals surface area contributed by atoms with Gasteiger partial charge in [0.05, 0.1) is 0 Å². The largest absolute Gasteiger partial charge is 0.456 e. The van der Waals surface area contributed by atoms with Crippen molar-refractivity contribution in [3.05, 3.63) is 236 Å². The van der Waals surface area contributed by atoms with Crippen LogP contribution in [0, 0.1) is 0 Å².